The van der Waals surface area contributed by atoms with Gasteiger partial charge in [0.1, 0.15) is 12.4 Å². The molecule has 0 heterocycles. The molecule has 2 aromatic rings. The van der Waals surface area contributed by atoms with E-state index < -0.39 is 0 Å². The molecule has 3 nitrogen and oxygen atoms in total. The van der Waals surface area contributed by atoms with Gasteiger partial charge in [0.05, 0.1) is 12.7 Å². The van der Waals surface area contributed by atoms with Crippen LogP contribution in [-0.2, 0) is 11.3 Å². The second-order valence-corrected chi connectivity index (χ2v) is 4.73. The van der Waals surface area contributed by atoms with Gasteiger partial charge >= 0.3 is 5.97 Å². The van der Waals surface area contributed by atoms with E-state index >= 15 is 0 Å². The molecule has 0 aliphatic rings. The maximum atomic E-state index is 11.3. The van der Waals surface area contributed by atoms with Crippen LogP contribution in [-0.4, -0.2) is 13.1 Å². The first-order valence-corrected chi connectivity index (χ1v) is 6.47. The van der Waals surface area contributed by atoms with Crippen molar-refractivity contribution in [1.29, 1.82) is 0 Å². The quantitative estimate of drug-likeness (QED) is 0.795. The SMILES string of the molecule is COC(=O)c1ccc(OCc2cc(C)ccc2C)cc1. The lowest BCUT2D eigenvalue weighted by Crippen LogP contribution is -2.02. The summed E-state index contributed by atoms with van der Waals surface area (Å²) in [5, 5.41) is 0. The molecule has 0 N–H and O–H groups in total. The Balaban J connectivity index is 2.04. The van der Waals surface area contributed by atoms with Crippen LogP contribution in [0.4, 0.5) is 0 Å². The molecule has 0 spiro atoms. The van der Waals surface area contributed by atoms with Crippen molar-refractivity contribution in [3.05, 3.63) is 64.7 Å². The van der Waals surface area contributed by atoms with Gasteiger partial charge in [-0.25, -0.2) is 4.79 Å². The average Bonchev–Trinajstić information content (AvgIpc) is 2.48. The highest BCUT2D eigenvalue weighted by Crippen LogP contribution is 2.17. The Bertz CT molecular complexity index is 600. The lowest BCUT2D eigenvalue weighted by Gasteiger charge is -2.10. The van der Waals surface area contributed by atoms with E-state index in [-0.39, 0.29) is 5.97 Å². The fraction of sp³-hybridized carbons (Fsp3) is 0.235. The lowest BCUT2D eigenvalue weighted by atomic mass is 10.1. The Morgan fingerprint density at radius 1 is 1.05 bits per heavy atom. The summed E-state index contributed by atoms with van der Waals surface area (Å²) in [6, 6.07) is 13.2. The maximum absolute atomic E-state index is 11.3. The molecule has 0 saturated heterocycles. The van der Waals surface area contributed by atoms with E-state index in [1.165, 1.54) is 23.8 Å². The van der Waals surface area contributed by atoms with Crippen LogP contribution in [0.1, 0.15) is 27.0 Å². The molecule has 0 aliphatic heterocycles. The van der Waals surface area contributed by atoms with Crippen LogP contribution in [0.15, 0.2) is 42.5 Å². The van der Waals surface area contributed by atoms with Crippen LogP contribution >= 0.6 is 0 Å². The Labute approximate surface area is 119 Å². The summed E-state index contributed by atoms with van der Waals surface area (Å²) in [7, 11) is 1.37. The fourth-order valence-electron chi connectivity index (χ4n) is 1.92. The van der Waals surface area contributed by atoms with Crippen molar-refractivity contribution in [2.24, 2.45) is 0 Å². The van der Waals surface area contributed by atoms with Crippen molar-refractivity contribution in [2.45, 2.75) is 20.5 Å². The first kappa shape index (κ1) is 14.1. The standard InChI is InChI=1S/C17H18O3/c1-12-4-5-13(2)15(10-12)11-20-16-8-6-14(7-9-16)17(18)19-3/h4-10H,11H2,1-3H3. The van der Waals surface area contributed by atoms with Crippen LogP contribution in [0.2, 0.25) is 0 Å². The van der Waals surface area contributed by atoms with Crippen molar-refractivity contribution >= 4 is 5.97 Å². The Kier molecular flexibility index (Phi) is 4.41. The molecule has 2 aromatic carbocycles. The van der Waals surface area contributed by atoms with Crippen LogP contribution in [0.5, 0.6) is 5.75 Å². The summed E-state index contributed by atoms with van der Waals surface area (Å²) in [6.07, 6.45) is 0. The molecule has 20 heavy (non-hydrogen) atoms. The van der Waals surface area contributed by atoms with E-state index in [9.17, 15) is 4.79 Å². The summed E-state index contributed by atoms with van der Waals surface area (Å²) in [5.74, 6) is 0.393. The minimum atomic E-state index is -0.342. The van der Waals surface area contributed by atoms with Crippen molar-refractivity contribution in [1.82, 2.24) is 0 Å². The minimum absolute atomic E-state index is 0.342. The fourth-order valence-corrected chi connectivity index (χ4v) is 1.92. The summed E-state index contributed by atoms with van der Waals surface area (Å²) in [5.41, 5.74) is 4.12. The van der Waals surface area contributed by atoms with Gasteiger partial charge in [0.15, 0.2) is 0 Å². The van der Waals surface area contributed by atoms with Gasteiger partial charge in [0.25, 0.3) is 0 Å². The molecule has 0 amide bonds. The Morgan fingerprint density at radius 2 is 1.75 bits per heavy atom. The second-order valence-electron chi connectivity index (χ2n) is 4.73. The number of rotatable bonds is 4. The summed E-state index contributed by atoms with van der Waals surface area (Å²) < 4.78 is 10.4. The predicted octanol–water partition coefficient (Wildman–Crippen LogP) is 3.67. The van der Waals surface area contributed by atoms with E-state index in [4.69, 9.17) is 4.74 Å². The molecule has 0 bridgehead atoms. The molecule has 104 valence electrons. The minimum Gasteiger partial charge on any atom is -0.489 e. The maximum Gasteiger partial charge on any atom is 0.337 e. The molecule has 2 rings (SSSR count). The third-order valence-corrected chi connectivity index (χ3v) is 3.17. The molecule has 0 fully saturated rings. The zero-order chi connectivity index (χ0) is 14.5. The zero-order valence-corrected chi connectivity index (χ0v) is 12.0. The highest BCUT2D eigenvalue weighted by atomic mass is 16.5. The Hall–Kier alpha value is -2.29. The number of aryl methyl sites for hydroxylation is 2. The number of methoxy groups -OCH3 is 1. The smallest absolute Gasteiger partial charge is 0.337 e. The Morgan fingerprint density at radius 3 is 2.40 bits per heavy atom. The van der Waals surface area contributed by atoms with Gasteiger partial charge in [-0.05, 0) is 49.2 Å². The second kappa shape index (κ2) is 6.24. The molecular weight excluding hydrogens is 252 g/mol. The van der Waals surface area contributed by atoms with Gasteiger partial charge < -0.3 is 9.47 Å². The summed E-state index contributed by atoms with van der Waals surface area (Å²) in [4.78, 5) is 11.3. The van der Waals surface area contributed by atoms with Crippen molar-refractivity contribution in [3.63, 3.8) is 0 Å². The van der Waals surface area contributed by atoms with Gasteiger partial charge in [-0.1, -0.05) is 23.8 Å². The lowest BCUT2D eigenvalue weighted by molar-refractivity contribution is 0.0600. The topological polar surface area (TPSA) is 35.5 Å². The first-order valence-electron chi connectivity index (χ1n) is 6.47. The highest BCUT2D eigenvalue weighted by molar-refractivity contribution is 5.89. The van der Waals surface area contributed by atoms with E-state index in [2.05, 4.69) is 36.8 Å². The van der Waals surface area contributed by atoms with Crippen LogP contribution < -0.4 is 4.74 Å². The number of ether oxygens (including phenoxy) is 2. The first-order chi connectivity index (χ1) is 9.60. The van der Waals surface area contributed by atoms with Crippen LogP contribution in [0, 0.1) is 13.8 Å². The van der Waals surface area contributed by atoms with Gasteiger partial charge in [0, 0.05) is 0 Å². The third-order valence-electron chi connectivity index (χ3n) is 3.17. The van der Waals surface area contributed by atoms with E-state index in [1.807, 2.05) is 0 Å². The van der Waals surface area contributed by atoms with Gasteiger partial charge in [-0.15, -0.1) is 0 Å². The van der Waals surface area contributed by atoms with E-state index in [0.29, 0.717) is 12.2 Å². The molecule has 0 atom stereocenters. The third kappa shape index (κ3) is 3.38. The molecular formula is C17H18O3. The number of benzene rings is 2. The molecule has 0 unspecified atom stereocenters. The van der Waals surface area contributed by atoms with Crippen LogP contribution in [0.25, 0.3) is 0 Å². The number of hydrogen-bond acceptors (Lipinski definition) is 3. The number of carbonyl (C=O) groups is 1. The molecule has 0 aromatic heterocycles. The average molecular weight is 270 g/mol. The van der Waals surface area contributed by atoms with Crippen molar-refractivity contribution in [2.75, 3.05) is 7.11 Å². The normalized spacial score (nSPS) is 10.2. The summed E-state index contributed by atoms with van der Waals surface area (Å²) in [6.45, 7) is 4.65. The largest absolute Gasteiger partial charge is 0.489 e. The van der Waals surface area contributed by atoms with Gasteiger partial charge in [-0.3, -0.25) is 0 Å². The monoisotopic (exact) mass is 270 g/mol. The predicted molar refractivity (Wildman–Crippen MR) is 78.0 cm³/mol. The highest BCUT2D eigenvalue weighted by Gasteiger charge is 2.05. The number of esters is 1. The van der Waals surface area contributed by atoms with Gasteiger partial charge in [-0.2, -0.15) is 0 Å². The molecule has 0 aliphatic carbocycles. The van der Waals surface area contributed by atoms with E-state index in [0.717, 1.165) is 5.75 Å². The van der Waals surface area contributed by atoms with Gasteiger partial charge in [0.2, 0.25) is 0 Å². The van der Waals surface area contributed by atoms with E-state index in [1.54, 1.807) is 24.3 Å². The molecule has 0 saturated carbocycles. The zero-order valence-electron chi connectivity index (χ0n) is 12.0. The van der Waals surface area contributed by atoms with Crippen molar-refractivity contribution < 1.29 is 14.3 Å². The van der Waals surface area contributed by atoms with Crippen LogP contribution in [0.3, 0.4) is 0 Å². The molecule has 3 heteroatoms. The number of hydrogen-bond donors (Lipinski definition) is 0. The van der Waals surface area contributed by atoms with Crippen molar-refractivity contribution in [3.8, 4) is 5.75 Å². The number of carbonyl (C=O) groups excluding carboxylic acids is 1. The molecule has 0 radical (unpaired) electrons. The summed E-state index contributed by atoms with van der Waals surface area (Å²) >= 11 is 0.